The first-order chi connectivity index (χ1) is 14.8. The van der Waals surface area contributed by atoms with Crippen LogP contribution in [0.25, 0.3) is 0 Å². The Morgan fingerprint density at radius 2 is 1.94 bits per heavy atom. The maximum absolute atomic E-state index is 12.4. The molecule has 1 unspecified atom stereocenters. The number of carbonyl (C=O) groups is 1. The minimum Gasteiger partial charge on any atom is -0.495 e. The van der Waals surface area contributed by atoms with Crippen LogP contribution in [0.2, 0.25) is 5.02 Å². The van der Waals surface area contributed by atoms with E-state index in [4.69, 9.17) is 21.1 Å². The summed E-state index contributed by atoms with van der Waals surface area (Å²) < 4.78 is 13.2. The van der Waals surface area contributed by atoms with E-state index < -0.39 is 0 Å². The summed E-state index contributed by atoms with van der Waals surface area (Å²) >= 11 is 7.30. The molecule has 2 aromatic carbocycles. The molecule has 0 saturated carbocycles. The number of ether oxygens (including phenoxy) is 2. The van der Waals surface area contributed by atoms with Gasteiger partial charge in [0, 0.05) is 12.1 Å². The topological polar surface area (TPSA) is 78.3 Å². The largest absolute Gasteiger partial charge is 0.495 e. The van der Waals surface area contributed by atoms with Gasteiger partial charge in [0.05, 0.1) is 18.6 Å². The Hall–Kier alpha value is -2.71. The number of halogens is 1. The molecule has 3 rings (SSSR count). The van der Waals surface area contributed by atoms with E-state index in [1.165, 1.54) is 24.4 Å². The van der Waals surface area contributed by atoms with Crippen molar-refractivity contribution in [2.75, 3.05) is 18.2 Å². The Kier molecular flexibility index (Phi) is 7.46. The van der Waals surface area contributed by atoms with Crippen LogP contribution in [0, 0.1) is 13.8 Å². The summed E-state index contributed by atoms with van der Waals surface area (Å²) in [4.78, 5) is 12.4. The minimum atomic E-state index is -0.294. The standard InChI is InChI=1S/C22H25ClN4O3S/c1-13-6-8-18(14(2)10-13)30-15(3)21-25-26-22(27(21)4)31-12-20(28)24-17-11-16(23)7-9-19(17)29-5/h6-11,15H,12H2,1-5H3,(H,24,28). The molecule has 164 valence electrons. The second kappa shape index (κ2) is 10.1. The van der Waals surface area contributed by atoms with Gasteiger partial charge in [-0.05, 0) is 50.6 Å². The van der Waals surface area contributed by atoms with Crippen molar-refractivity contribution in [1.82, 2.24) is 14.8 Å². The Morgan fingerprint density at radius 1 is 1.19 bits per heavy atom. The van der Waals surface area contributed by atoms with Crippen LogP contribution in [0.15, 0.2) is 41.6 Å². The molecule has 0 spiro atoms. The number of hydrogen-bond acceptors (Lipinski definition) is 6. The van der Waals surface area contributed by atoms with Crippen molar-refractivity contribution in [2.24, 2.45) is 7.05 Å². The molecule has 0 bridgehead atoms. The molecule has 3 aromatic rings. The molecule has 1 aromatic heterocycles. The number of anilines is 1. The number of rotatable bonds is 8. The van der Waals surface area contributed by atoms with Crippen LogP contribution >= 0.6 is 23.4 Å². The molecule has 0 radical (unpaired) electrons. The summed E-state index contributed by atoms with van der Waals surface area (Å²) in [7, 11) is 3.40. The van der Waals surface area contributed by atoms with Gasteiger partial charge in [0.1, 0.15) is 11.5 Å². The summed E-state index contributed by atoms with van der Waals surface area (Å²) in [6, 6.07) is 11.1. The van der Waals surface area contributed by atoms with Gasteiger partial charge in [0.25, 0.3) is 0 Å². The van der Waals surface area contributed by atoms with Gasteiger partial charge in [-0.25, -0.2) is 0 Å². The van der Waals surface area contributed by atoms with Crippen molar-refractivity contribution in [2.45, 2.75) is 32.0 Å². The highest BCUT2D eigenvalue weighted by atomic mass is 35.5. The normalized spacial score (nSPS) is 11.8. The van der Waals surface area contributed by atoms with E-state index in [-0.39, 0.29) is 17.8 Å². The Labute approximate surface area is 191 Å². The lowest BCUT2D eigenvalue weighted by Crippen LogP contribution is -2.15. The second-order valence-corrected chi connectivity index (χ2v) is 8.49. The smallest absolute Gasteiger partial charge is 0.234 e. The van der Waals surface area contributed by atoms with Crippen LogP contribution in [0.4, 0.5) is 5.69 Å². The maximum atomic E-state index is 12.4. The van der Waals surface area contributed by atoms with Gasteiger partial charge in [-0.1, -0.05) is 41.1 Å². The molecule has 0 aliphatic rings. The monoisotopic (exact) mass is 460 g/mol. The molecule has 0 fully saturated rings. The molecule has 0 aliphatic carbocycles. The fraction of sp³-hybridized carbons (Fsp3) is 0.318. The third-order valence-electron chi connectivity index (χ3n) is 4.63. The van der Waals surface area contributed by atoms with Crippen LogP contribution in [0.1, 0.15) is 30.0 Å². The molecule has 0 aliphatic heterocycles. The van der Waals surface area contributed by atoms with Crippen LogP contribution in [0.5, 0.6) is 11.5 Å². The van der Waals surface area contributed by atoms with Crippen LogP contribution in [-0.2, 0) is 11.8 Å². The zero-order valence-corrected chi connectivity index (χ0v) is 19.7. The number of aryl methyl sites for hydroxylation is 2. The number of nitrogens with one attached hydrogen (secondary N) is 1. The first-order valence-electron chi connectivity index (χ1n) is 9.68. The predicted octanol–water partition coefficient (Wildman–Crippen LogP) is 4.96. The summed E-state index contributed by atoms with van der Waals surface area (Å²) in [5.41, 5.74) is 2.77. The molecule has 7 nitrogen and oxygen atoms in total. The lowest BCUT2D eigenvalue weighted by molar-refractivity contribution is -0.113. The molecule has 31 heavy (non-hydrogen) atoms. The van der Waals surface area contributed by atoms with Gasteiger partial charge in [-0.2, -0.15) is 0 Å². The molecule has 1 amide bonds. The fourth-order valence-electron chi connectivity index (χ4n) is 3.07. The highest BCUT2D eigenvalue weighted by Crippen LogP contribution is 2.29. The lowest BCUT2D eigenvalue weighted by atomic mass is 10.1. The van der Waals surface area contributed by atoms with Gasteiger partial charge in [0.2, 0.25) is 5.91 Å². The summed E-state index contributed by atoms with van der Waals surface area (Å²) in [5.74, 6) is 1.99. The van der Waals surface area contributed by atoms with E-state index in [1.807, 2.05) is 44.5 Å². The minimum absolute atomic E-state index is 0.161. The molecule has 9 heteroatoms. The molecular formula is C22H25ClN4O3S. The van der Waals surface area contributed by atoms with Crippen LogP contribution in [-0.4, -0.2) is 33.5 Å². The van der Waals surface area contributed by atoms with Gasteiger partial charge in [0.15, 0.2) is 17.1 Å². The zero-order valence-electron chi connectivity index (χ0n) is 18.1. The summed E-state index contributed by atoms with van der Waals surface area (Å²) in [6.45, 7) is 5.99. The number of thioether (sulfide) groups is 1. The Bertz CT molecular complexity index is 1090. The van der Waals surface area contributed by atoms with Crippen molar-refractivity contribution < 1.29 is 14.3 Å². The van der Waals surface area contributed by atoms with E-state index in [0.29, 0.717) is 27.4 Å². The first kappa shape index (κ1) is 23.0. The quantitative estimate of drug-likeness (QED) is 0.478. The van der Waals surface area contributed by atoms with Crippen molar-refractivity contribution in [3.8, 4) is 11.5 Å². The number of nitrogens with zero attached hydrogens (tertiary/aromatic N) is 3. The van der Waals surface area contributed by atoms with Crippen LogP contribution < -0.4 is 14.8 Å². The first-order valence-corrected chi connectivity index (χ1v) is 11.0. The molecule has 1 heterocycles. The summed E-state index contributed by atoms with van der Waals surface area (Å²) in [6.07, 6.45) is -0.294. The third-order valence-corrected chi connectivity index (χ3v) is 5.89. The highest BCUT2D eigenvalue weighted by molar-refractivity contribution is 7.99. The third kappa shape index (κ3) is 5.71. The number of amides is 1. The fourth-order valence-corrected chi connectivity index (χ4v) is 3.97. The molecule has 1 N–H and O–H groups in total. The Balaban J connectivity index is 1.62. The van der Waals surface area contributed by atoms with E-state index >= 15 is 0 Å². The molecule has 1 atom stereocenters. The van der Waals surface area contributed by atoms with E-state index in [9.17, 15) is 4.79 Å². The Morgan fingerprint density at radius 3 is 2.65 bits per heavy atom. The second-order valence-electron chi connectivity index (χ2n) is 7.11. The average molecular weight is 461 g/mol. The van der Waals surface area contributed by atoms with Gasteiger partial charge in [-0.3, -0.25) is 4.79 Å². The van der Waals surface area contributed by atoms with E-state index in [2.05, 4.69) is 21.6 Å². The molecule has 0 saturated heterocycles. The maximum Gasteiger partial charge on any atom is 0.234 e. The summed E-state index contributed by atoms with van der Waals surface area (Å²) in [5, 5.41) is 12.4. The van der Waals surface area contributed by atoms with Crippen molar-refractivity contribution in [1.29, 1.82) is 0 Å². The number of hydrogen-bond donors (Lipinski definition) is 1. The predicted molar refractivity (Wildman–Crippen MR) is 123 cm³/mol. The average Bonchev–Trinajstić information content (AvgIpc) is 3.09. The number of aromatic nitrogens is 3. The van der Waals surface area contributed by atoms with Gasteiger partial charge in [-0.15, -0.1) is 10.2 Å². The van der Waals surface area contributed by atoms with Crippen molar-refractivity contribution in [3.63, 3.8) is 0 Å². The number of methoxy groups -OCH3 is 1. The molecular weight excluding hydrogens is 436 g/mol. The van der Waals surface area contributed by atoms with Gasteiger partial charge >= 0.3 is 0 Å². The van der Waals surface area contributed by atoms with Crippen LogP contribution in [0.3, 0.4) is 0 Å². The lowest BCUT2D eigenvalue weighted by Gasteiger charge is -2.16. The van der Waals surface area contributed by atoms with E-state index in [0.717, 1.165) is 11.3 Å². The van der Waals surface area contributed by atoms with Crippen molar-refractivity contribution in [3.05, 3.63) is 58.4 Å². The van der Waals surface area contributed by atoms with Gasteiger partial charge < -0.3 is 19.4 Å². The van der Waals surface area contributed by atoms with Crippen molar-refractivity contribution >= 4 is 35.0 Å². The highest BCUT2D eigenvalue weighted by Gasteiger charge is 2.19. The van der Waals surface area contributed by atoms with E-state index in [1.54, 1.807) is 18.2 Å². The number of benzene rings is 2. The SMILES string of the molecule is COc1ccc(Cl)cc1NC(=O)CSc1nnc(C(C)Oc2ccc(C)cc2C)n1C. The number of carbonyl (C=O) groups excluding carboxylic acids is 1. The zero-order chi connectivity index (χ0) is 22.5.